The first-order chi connectivity index (χ1) is 8.93. The molecule has 19 heavy (non-hydrogen) atoms. The third-order valence-corrected chi connectivity index (χ3v) is 2.64. The monoisotopic (exact) mass is 280 g/mol. The van der Waals surface area contributed by atoms with E-state index >= 15 is 0 Å². The van der Waals surface area contributed by atoms with Gasteiger partial charge in [-0.15, -0.1) is 0 Å². The number of hydrogen-bond donors (Lipinski definition) is 7. The summed E-state index contributed by atoms with van der Waals surface area (Å²) in [4.78, 5) is 10.1. The molecule has 0 aromatic carbocycles. The molecule has 7 N–H and O–H groups in total. The van der Waals surface area contributed by atoms with Crippen LogP contribution in [0, 0.1) is 0 Å². The predicted molar refractivity (Wildman–Crippen MR) is 67.3 cm³/mol. The maximum atomic E-state index is 10.1. The van der Waals surface area contributed by atoms with E-state index in [1.165, 1.54) is 0 Å². The maximum Gasteiger partial charge on any atom is 0.220 e. The molecule has 0 aromatic rings. The Bertz CT molecular complexity index is 245. The van der Waals surface area contributed by atoms with E-state index in [1.54, 1.807) is 7.05 Å². The topological polar surface area (TPSA) is 142 Å². The highest BCUT2D eigenvalue weighted by atomic mass is 16.4. The van der Waals surface area contributed by atoms with Gasteiger partial charge in [0.15, 0.2) is 0 Å². The molecule has 8 nitrogen and oxygen atoms in total. The van der Waals surface area contributed by atoms with E-state index in [1.807, 2.05) is 0 Å². The molecule has 114 valence electrons. The number of carbonyl (C=O) groups excluding carboxylic acids is 1. The number of rotatable bonds is 6. The third-order valence-electron chi connectivity index (χ3n) is 2.64. The van der Waals surface area contributed by atoms with Gasteiger partial charge in [-0.1, -0.05) is 0 Å². The highest BCUT2D eigenvalue weighted by Crippen LogP contribution is 2.04. The normalized spacial score (nSPS) is 20.8. The first-order valence-corrected chi connectivity index (χ1v) is 6.18. The molecule has 1 heterocycles. The van der Waals surface area contributed by atoms with Crippen LogP contribution in [0.3, 0.4) is 0 Å². The molecule has 0 radical (unpaired) electrons. The van der Waals surface area contributed by atoms with Gasteiger partial charge in [0.1, 0.15) is 18.3 Å². The summed E-state index contributed by atoms with van der Waals surface area (Å²) in [6.07, 6.45) is -3.88. The van der Waals surface area contributed by atoms with Crippen molar-refractivity contribution in [1.29, 1.82) is 0 Å². The fourth-order valence-corrected chi connectivity index (χ4v) is 1.46. The lowest BCUT2D eigenvalue weighted by Crippen LogP contribution is -2.48. The Kier molecular flexibility index (Phi) is 9.66. The fraction of sp³-hybridized carbons (Fsp3) is 0.909. The Morgan fingerprint density at radius 3 is 2.11 bits per heavy atom. The predicted octanol–water partition coefficient (Wildman–Crippen LogP) is -3.46. The molecular weight excluding hydrogens is 256 g/mol. The van der Waals surface area contributed by atoms with Crippen molar-refractivity contribution in [3.63, 3.8) is 0 Å². The van der Waals surface area contributed by atoms with Crippen LogP contribution in [0.2, 0.25) is 0 Å². The highest BCUT2D eigenvalue weighted by Gasteiger charge is 2.29. The molecule has 1 rings (SSSR count). The van der Waals surface area contributed by atoms with Crippen LogP contribution in [0.4, 0.5) is 0 Å². The first-order valence-electron chi connectivity index (χ1n) is 6.18. The average molecular weight is 280 g/mol. The molecule has 0 saturated carbocycles. The van der Waals surface area contributed by atoms with Crippen LogP contribution in [0.1, 0.15) is 12.8 Å². The summed E-state index contributed by atoms with van der Waals surface area (Å²) in [6.45, 7) is 0.319. The van der Waals surface area contributed by atoms with Crippen LogP contribution in [0.15, 0.2) is 0 Å². The van der Waals surface area contributed by atoms with Crippen molar-refractivity contribution < 1.29 is 30.3 Å². The number of aliphatic hydroxyl groups is 5. The minimum Gasteiger partial charge on any atom is -0.394 e. The van der Waals surface area contributed by atoms with Gasteiger partial charge in [0.2, 0.25) is 5.91 Å². The van der Waals surface area contributed by atoms with E-state index in [0.29, 0.717) is 0 Å². The molecule has 8 heteroatoms. The van der Waals surface area contributed by atoms with Crippen molar-refractivity contribution >= 4 is 5.91 Å². The van der Waals surface area contributed by atoms with Gasteiger partial charge in [-0.2, -0.15) is 0 Å². The lowest BCUT2D eigenvalue weighted by atomic mass is 10.0. The molecule has 1 aliphatic heterocycles. The zero-order valence-electron chi connectivity index (χ0n) is 11.0. The number of amides is 1. The molecule has 1 amide bonds. The van der Waals surface area contributed by atoms with E-state index in [-0.39, 0.29) is 12.5 Å². The number of likely N-dealkylation sites (N-methyl/N-ethyl adjacent to an activating group) is 1. The van der Waals surface area contributed by atoms with Crippen LogP contribution in [0.25, 0.3) is 0 Å². The van der Waals surface area contributed by atoms with E-state index in [9.17, 15) is 9.90 Å². The maximum absolute atomic E-state index is 10.1. The molecule has 0 unspecified atom stereocenters. The van der Waals surface area contributed by atoms with Crippen LogP contribution >= 0.6 is 0 Å². The fourth-order valence-electron chi connectivity index (χ4n) is 1.46. The standard InChI is InChI=1S/C7H17NO5.C4H7NO/c1-8-2-4(10)6(12)7(13)5(11)3-9;6-4-2-1-3-5-4/h4-13H,2-3H2,1H3;1-3H2,(H,5,6)/t4-,5+,6+,7+;/m0./s1. The summed E-state index contributed by atoms with van der Waals surface area (Å²) in [7, 11) is 1.57. The largest absolute Gasteiger partial charge is 0.394 e. The quantitative estimate of drug-likeness (QED) is 0.268. The van der Waals surface area contributed by atoms with Crippen molar-refractivity contribution in [2.75, 3.05) is 26.7 Å². The van der Waals surface area contributed by atoms with Crippen molar-refractivity contribution in [3.05, 3.63) is 0 Å². The lowest BCUT2D eigenvalue weighted by Gasteiger charge is -2.25. The van der Waals surface area contributed by atoms with Crippen LogP contribution < -0.4 is 10.6 Å². The average Bonchev–Trinajstić information content (AvgIpc) is 2.88. The summed E-state index contributed by atoms with van der Waals surface area (Å²) in [5.74, 6) is 0.204. The molecule has 1 aliphatic rings. The SMILES string of the molecule is CNC[C@H](O)[C@@H](O)[C@H](O)[C@H](O)CO.O=C1CCCN1. The summed E-state index contributed by atoms with van der Waals surface area (Å²) in [5, 5.41) is 50.2. The molecule has 0 aliphatic carbocycles. The van der Waals surface area contributed by atoms with Crippen molar-refractivity contribution in [1.82, 2.24) is 10.6 Å². The van der Waals surface area contributed by atoms with Gasteiger partial charge in [-0.3, -0.25) is 4.79 Å². The van der Waals surface area contributed by atoms with Gasteiger partial charge in [0.05, 0.1) is 12.7 Å². The van der Waals surface area contributed by atoms with Gasteiger partial charge in [-0.05, 0) is 13.5 Å². The van der Waals surface area contributed by atoms with E-state index in [2.05, 4.69) is 10.6 Å². The molecule has 0 aromatic heterocycles. The number of carbonyl (C=O) groups is 1. The Hall–Kier alpha value is -0.770. The summed E-state index contributed by atoms with van der Waals surface area (Å²) >= 11 is 0. The number of hydrogen-bond acceptors (Lipinski definition) is 7. The summed E-state index contributed by atoms with van der Waals surface area (Å²) < 4.78 is 0. The second-order valence-electron chi connectivity index (χ2n) is 4.31. The van der Waals surface area contributed by atoms with Gasteiger partial charge >= 0.3 is 0 Å². The smallest absolute Gasteiger partial charge is 0.220 e. The number of aliphatic hydroxyl groups excluding tert-OH is 5. The van der Waals surface area contributed by atoms with E-state index in [0.717, 1.165) is 19.4 Å². The minimum absolute atomic E-state index is 0.0936. The Balaban J connectivity index is 0.000000443. The molecule has 0 spiro atoms. The zero-order chi connectivity index (χ0) is 14.8. The van der Waals surface area contributed by atoms with E-state index in [4.69, 9.17) is 20.4 Å². The van der Waals surface area contributed by atoms with Crippen LogP contribution in [-0.2, 0) is 4.79 Å². The van der Waals surface area contributed by atoms with Crippen LogP contribution in [-0.4, -0.2) is 82.6 Å². The molecule has 1 saturated heterocycles. The van der Waals surface area contributed by atoms with E-state index < -0.39 is 31.0 Å². The highest BCUT2D eigenvalue weighted by molar-refractivity contribution is 5.77. The lowest BCUT2D eigenvalue weighted by molar-refractivity contribution is -0.119. The van der Waals surface area contributed by atoms with Crippen molar-refractivity contribution in [3.8, 4) is 0 Å². The number of nitrogens with one attached hydrogen (secondary N) is 2. The molecule has 1 fully saturated rings. The van der Waals surface area contributed by atoms with Gasteiger partial charge in [-0.25, -0.2) is 0 Å². The Morgan fingerprint density at radius 1 is 1.21 bits per heavy atom. The summed E-state index contributed by atoms with van der Waals surface area (Å²) in [5.41, 5.74) is 0. The van der Waals surface area contributed by atoms with Gasteiger partial charge in [0.25, 0.3) is 0 Å². The minimum atomic E-state index is -1.55. The first kappa shape index (κ1) is 18.2. The molecule has 4 atom stereocenters. The molecular formula is C11H24N2O6. The Morgan fingerprint density at radius 2 is 1.79 bits per heavy atom. The van der Waals surface area contributed by atoms with Gasteiger partial charge < -0.3 is 36.2 Å². The molecule has 0 bridgehead atoms. The third kappa shape index (κ3) is 7.41. The van der Waals surface area contributed by atoms with Crippen LogP contribution in [0.5, 0.6) is 0 Å². The Labute approximate surface area is 112 Å². The second-order valence-corrected chi connectivity index (χ2v) is 4.31. The summed E-state index contributed by atoms with van der Waals surface area (Å²) in [6, 6.07) is 0. The van der Waals surface area contributed by atoms with Gasteiger partial charge in [0, 0.05) is 19.5 Å². The zero-order valence-corrected chi connectivity index (χ0v) is 11.0. The van der Waals surface area contributed by atoms with Crippen molar-refractivity contribution in [2.45, 2.75) is 37.3 Å². The van der Waals surface area contributed by atoms with Crippen molar-refractivity contribution in [2.24, 2.45) is 0 Å². The second kappa shape index (κ2) is 10.1.